The lowest BCUT2D eigenvalue weighted by Crippen LogP contribution is -2.19. The minimum atomic E-state index is -4.03. The number of sulfonamides is 1. The molecule has 0 saturated heterocycles. The van der Waals surface area contributed by atoms with Crippen molar-refractivity contribution < 1.29 is 8.42 Å². The molecule has 98 valence electrons. The van der Waals surface area contributed by atoms with E-state index in [1.165, 1.54) is 0 Å². The van der Waals surface area contributed by atoms with Crippen LogP contribution in [0.2, 0.25) is 5.02 Å². The molecule has 2 rings (SSSR count). The fraction of sp³-hybridized carbons (Fsp3) is 0.0909. The van der Waals surface area contributed by atoms with Crippen LogP contribution in [0.4, 0.5) is 0 Å². The number of rotatable bonds is 3. The SMILES string of the molecule is N#Cc1cnn(Cc2ccccc2Cl)c1S(N)(=O)=O. The predicted octanol–water partition coefficient (Wildman–Crippen LogP) is 1.10. The lowest BCUT2D eigenvalue weighted by molar-refractivity contribution is 0.563. The third-order valence-corrected chi connectivity index (χ3v) is 3.80. The Hall–Kier alpha value is -1.88. The summed E-state index contributed by atoms with van der Waals surface area (Å²) in [5.41, 5.74) is 0.594. The van der Waals surface area contributed by atoms with Gasteiger partial charge >= 0.3 is 0 Å². The Kier molecular flexibility index (Phi) is 3.57. The molecule has 0 unspecified atom stereocenters. The number of halogens is 1. The average Bonchev–Trinajstić information content (AvgIpc) is 2.75. The Balaban J connectivity index is 2.52. The second-order valence-electron chi connectivity index (χ2n) is 3.77. The van der Waals surface area contributed by atoms with E-state index in [9.17, 15) is 8.42 Å². The Bertz CT molecular complexity index is 761. The summed E-state index contributed by atoms with van der Waals surface area (Å²) >= 11 is 5.99. The Labute approximate surface area is 115 Å². The van der Waals surface area contributed by atoms with Gasteiger partial charge in [0.05, 0.1) is 12.7 Å². The first-order chi connectivity index (χ1) is 8.93. The normalized spacial score (nSPS) is 11.2. The molecule has 1 aromatic carbocycles. The largest absolute Gasteiger partial charge is 0.256 e. The number of benzene rings is 1. The van der Waals surface area contributed by atoms with Gasteiger partial charge in [-0.15, -0.1) is 0 Å². The summed E-state index contributed by atoms with van der Waals surface area (Å²) in [4.78, 5) is 0. The van der Waals surface area contributed by atoms with Gasteiger partial charge in [0.2, 0.25) is 0 Å². The minimum absolute atomic E-state index is 0.0884. The summed E-state index contributed by atoms with van der Waals surface area (Å²) in [6.07, 6.45) is 1.16. The number of primary sulfonamides is 1. The summed E-state index contributed by atoms with van der Waals surface area (Å²) in [5.74, 6) is 0. The highest BCUT2D eigenvalue weighted by molar-refractivity contribution is 7.89. The van der Waals surface area contributed by atoms with Crippen LogP contribution in [0.3, 0.4) is 0 Å². The number of nitrogens with zero attached hydrogens (tertiary/aromatic N) is 3. The van der Waals surface area contributed by atoms with E-state index in [4.69, 9.17) is 22.0 Å². The van der Waals surface area contributed by atoms with Gasteiger partial charge in [-0.1, -0.05) is 29.8 Å². The van der Waals surface area contributed by atoms with Gasteiger partial charge in [-0.25, -0.2) is 18.2 Å². The van der Waals surface area contributed by atoms with Gasteiger partial charge in [0.1, 0.15) is 11.6 Å². The highest BCUT2D eigenvalue weighted by Crippen LogP contribution is 2.19. The molecule has 0 fully saturated rings. The Morgan fingerprint density at radius 1 is 1.42 bits per heavy atom. The maximum Gasteiger partial charge on any atom is 0.256 e. The van der Waals surface area contributed by atoms with Crippen LogP contribution in [0, 0.1) is 11.3 Å². The number of nitriles is 1. The summed E-state index contributed by atoms with van der Waals surface area (Å²) < 4.78 is 24.2. The predicted molar refractivity (Wildman–Crippen MR) is 68.9 cm³/mol. The van der Waals surface area contributed by atoms with Crippen LogP contribution in [0.1, 0.15) is 11.1 Å². The number of nitrogens with two attached hydrogens (primary N) is 1. The third-order valence-electron chi connectivity index (χ3n) is 2.46. The van der Waals surface area contributed by atoms with E-state index in [-0.39, 0.29) is 17.1 Å². The van der Waals surface area contributed by atoms with E-state index in [0.717, 1.165) is 10.9 Å². The molecule has 0 aliphatic rings. The van der Waals surface area contributed by atoms with Crippen molar-refractivity contribution in [1.82, 2.24) is 9.78 Å². The first-order valence-electron chi connectivity index (χ1n) is 5.15. The van der Waals surface area contributed by atoms with Crippen molar-refractivity contribution >= 4 is 21.6 Å². The van der Waals surface area contributed by atoms with E-state index in [2.05, 4.69) is 5.10 Å². The molecule has 0 saturated carbocycles. The van der Waals surface area contributed by atoms with Crippen molar-refractivity contribution in [3.05, 3.63) is 46.6 Å². The molecule has 1 aromatic heterocycles. The van der Waals surface area contributed by atoms with Crippen LogP contribution in [-0.2, 0) is 16.6 Å². The first kappa shape index (κ1) is 13.5. The highest BCUT2D eigenvalue weighted by Gasteiger charge is 2.21. The van der Waals surface area contributed by atoms with Crippen molar-refractivity contribution in [3.63, 3.8) is 0 Å². The van der Waals surface area contributed by atoms with Crippen molar-refractivity contribution in [1.29, 1.82) is 5.26 Å². The molecule has 6 nitrogen and oxygen atoms in total. The smallest absolute Gasteiger partial charge is 0.247 e. The van der Waals surface area contributed by atoms with E-state index < -0.39 is 10.0 Å². The average molecular weight is 297 g/mol. The third kappa shape index (κ3) is 2.76. The minimum Gasteiger partial charge on any atom is -0.247 e. The lowest BCUT2D eigenvalue weighted by Gasteiger charge is -2.07. The summed E-state index contributed by atoms with van der Waals surface area (Å²) in [6.45, 7) is 0.118. The fourth-order valence-electron chi connectivity index (χ4n) is 1.65. The number of aromatic nitrogens is 2. The molecule has 19 heavy (non-hydrogen) atoms. The van der Waals surface area contributed by atoms with Crippen LogP contribution < -0.4 is 5.14 Å². The first-order valence-corrected chi connectivity index (χ1v) is 7.08. The number of hydrogen-bond acceptors (Lipinski definition) is 4. The summed E-state index contributed by atoms with van der Waals surface area (Å²) in [7, 11) is -4.03. The molecule has 2 N–H and O–H groups in total. The van der Waals surface area contributed by atoms with E-state index in [1.54, 1.807) is 30.3 Å². The molecule has 0 aliphatic heterocycles. The quantitative estimate of drug-likeness (QED) is 0.916. The molecule has 2 aromatic rings. The molecule has 0 atom stereocenters. The van der Waals surface area contributed by atoms with Crippen molar-refractivity contribution in [2.24, 2.45) is 5.14 Å². The van der Waals surface area contributed by atoms with Gasteiger partial charge in [0.15, 0.2) is 5.03 Å². The Morgan fingerprint density at radius 2 is 2.11 bits per heavy atom. The summed E-state index contributed by atoms with van der Waals surface area (Å²) in [5, 5.41) is 18.0. The molecule has 0 aliphatic carbocycles. The van der Waals surface area contributed by atoms with E-state index in [1.807, 2.05) is 0 Å². The maximum atomic E-state index is 11.5. The van der Waals surface area contributed by atoms with Crippen LogP contribution in [0.15, 0.2) is 35.5 Å². The summed E-state index contributed by atoms with van der Waals surface area (Å²) in [6, 6.07) is 8.70. The molecule has 8 heteroatoms. The molecule has 0 bridgehead atoms. The zero-order chi connectivity index (χ0) is 14.0. The molecular weight excluding hydrogens is 288 g/mol. The van der Waals surface area contributed by atoms with Gasteiger partial charge < -0.3 is 0 Å². The zero-order valence-corrected chi connectivity index (χ0v) is 11.2. The van der Waals surface area contributed by atoms with Crippen LogP contribution in [0.25, 0.3) is 0 Å². The molecule has 1 heterocycles. The van der Waals surface area contributed by atoms with Gasteiger partial charge in [0, 0.05) is 5.02 Å². The van der Waals surface area contributed by atoms with Gasteiger partial charge in [-0.05, 0) is 11.6 Å². The van der Waals surface area contributed by atoms with E-state index >= 15 is 0 Å². The molecule has 0 spiro atoms. The van der Waals surface area contributed by atoms with Gasteiger partial charge in [0.25, 0.3) is 10.0 Å². The highest BCUT2D eigenvalue weighted by atomic mass is 35.5. The van der Waals surface area contributed by atoms with E-state index in [0.29, 0.717) is 10.6 Å². The van der Waals surface area contributed by atoms with Crippen molar-refractivity contribution in [2.75, 3.05) is 0 Å². The van der Waals surface area contributed by atoms with Crippen molar-refractivity contribution in [3.8, 4) is 6.07 Å². The standard InChI is InChI=1S/C11H9ClN4O2S/c12-10-4-2-1-3-8(10)7-16-11(19(14,17)18)9(5-13)6-15-16/h1-4,6H,7H2,(H2,14,17,18). The maximum absolute atomic E-state index is 11.5. The van der Waals surface area contributed by atoms with Crippen LogP contribution in [-0.4, -0.2) is 18.2 Å². The second kappa shape index (κ2) is 5.01. The van der Waals surface area contributed by atoms with Gasteiger partial charge in [-0.3, -0.25) is 0 Å². The molecule has 0 amide bonds. The zero-order valence-electron chi connectivity index (χ0n) is 9.62. The van der Waals surface area contributed by atoms with Crippen molar-refractivity contribution in [2.45, 2.75) is 11.6 Å². The fourth-order valence-corrected chi connectivity index (χ4v) is 2.66. The molecule has 0 radical (unpaired) electrons. The van der Waals surface area contributed by atoms with Crippen LogP contribution in [0.5, 0.6) is 0 Å². The second-order valence-corrected chi connectivity index (χ2v) is 5.65. The topological polar surface area (TPSA) is 102 Å². The Morgan fingerprint density at radius 3 is 2.68 bits per heavy atom. The lowest BCUT2D eigenvalue weighted by atomic mass is 10.2. The number of hydrogen-bond donors (Lipinski definition) is 1. The van der Waals surface area contributed by atoms with Crippen LogP contribution >= 0.6 is 11.6 Å². The molecular formula is C11H9ClN4O2S. The van der Waals surface area contributed by atoms with Gasteiger partial charge in [-0.2, -0.15) is 10.4 Å². The monoisotopic (exact) mass is 296 g/mol.